The molecule has 2 aromatic rings. The molecule has 0 saturated carbocycles. The van der Waals surface area contributed by atoms with Gasteiger partial charge in [0.05, 0.1) is 12.7 Å². The van der Waals surface area contributed by atoms with E-state index in [9.17, 15) is 9.59 Å². The van der Waals surface area contributed by atoms with Crippen LogP contribution >= 0.6 is 0 Å². The summed E-state index contributed by atoms with van der Waals surface area (Å²) < 4.78 is 4.77. The number of methoxy groups -OCH3 is 1. The van der Waals surface area contributed by atoms with Gasteiger partial charge >= 0.3 is 5.97 Å². The summed E-state index contributed by atoms with van der Waals surface area (Å²) in [7, 11) is 3.23. The third-order valence-electron chi connectivity index (χ3n) is 6.37. The minimum Gasteiger partial charge on any atom is -0.465 e. The second-order valence-corrected chi connectivity index (χ2v) is 8.11. The number of carbonyl (C=O) groups excluding carboxylic acids is 2. The van der Waals surface area contributed by atoms with Gasteiger partial charge in [0, 0.05) is 31.2 Å². The maximum absolute atomic E-state index is 13.1. The Kier molecular flexibility index (Phi) is 5.67. The number of amides is 1. The smallest absolute Gasteiger partial charge is 0.337 e. The molecule has 1 aliphatic heterocycles. The normalized spacial score (nSPS) is 19.6. The SMILES string of the molecule is COC(=O)c1cccc(C(=O)N(C)[C@@H]2CCCN(C3Cc4ccccc4C3)C2)c1. The molecule has 1 aliphatic carbocycles. The topological polar surface area (TPSA) is 49.9 Å². The Morgan fingerprint density at radius 2 is 1.72 bits per heavy atom. The van der Waals surface area contributed by atoms with E-state index in [4.69, 9.17) is 4.74 Å². The van der Waals surface area contributed by atoms with Crippen molar-refractivity contribution >= 4 is 11.9 Å². The van der Waals surface area contributed by atoms with Gasteiger partial charge in [-0.15, -0.1) is 0 Å². The Morgan fingerprint density at radius 3 is 2.41 bits per heavy atom. The van der Waals surface area contributed by atoms with E-state index in [-0.39, 0.29) is 11.9 Å². The third kappa shape index (κ3) is 4.06. The van der Waals surface area contributed by atoms with Gasteiger partial charge in [-0.2, -0.15) is 0 Å². The molecular weight excluding hydrogens is 364 g/mol. The van der Waals surface area contributed by atoms with E-state index >= 15 is 0 Å². The summed E-state index contributed by atoms with van der Waals surface area (Å²) in [5.74, 6) is -0.468. The fourth-order valence-corrected chi connectivity index (χ4v) is 4.69. The highest BCUT2D eigenvalue weighted by molar-refractivity contribution is 5.98. The number of carbonyl (C=O) groups is 2. The predicted octanol–water partition coefficient (Wildman–Crippen LogP) is 3.18. The van der Waals surface area contributed by atoms with Crippen molar-refractivity contribution in [3.8, 4) is 0 Å². The van der Waals surface area contributed by atoms with E-state index in [0.717, 1.165) is 38.8 Å². The number of nitrogens with zero attached hydrogens (tertiary/aromatic N) is 2. The van der Waals surface area contributed by atoms with Gasteiger partial charge in [0.2, 0.25) is 0 Å². The average molecular weight is 392 g/mol. The number of fused-ring (bicyclic) bond motifs is 1. The summed E-state index contributed by atoms with van der Waals surface area (Å²) in [5.41, 5.74) is 3.86. The molecule has 2 aromatic carbocycles. The summed E-state index contributed by atoms with van der Waals surface area (Å²) in [6.45, 7) is 1.99. The molecule has 0 N–H and O–H groups in total. The van der Waals surface area contributed by atoms with Gasteiger partial charge in [-0.25, -0.2) is 4.79 Å². The molecule has 0 unspecified atom stereocenters. The fourth-order valence-electron chi connectivity index (χ4n) is 4.69. The summed E-state index contributed by atoms with van der Waals surface area (Å²) in [5, 5.41) is 0. The number of likely N-dealkylation sites (N-methyl/N-ethyl adjacent to an activating group) is 1. The molecule has 0 aromatic heterocycles. The molecule has 0 radical (unpaired) electrons. The van der Waals surface area contributed by atoms with Crippen LogP contribution in [0.4, 0.5) is 0 Å². The van der Waals surface area contributed by atoms with Crippen LogP contribution in [0.25, 0.3) is 0 Å². The van der Waals surface area contributed by atoms with Crippen molar-refractivity contribution in [1.82, 2.24) is 9.80 Å². The molecular formula is C24H28N2O3. The molecule has 2 aliphatic rings. The van der Waals surface area contributed by atoms with E-state index in [0.29, 0.717) is 17.2 Å². The molecule has 1 atom stereocenters. The molecule has 1 amide bonds. The van der Waals surface area contributed by atoms with Gasteiger partial charge in [-0.05, 0) is 61.6 Å². The summed E-state index contributed by atoms with van der Waals surface area (Å²) in [6, 6.07) is 16.2. The third-order valence-corrected chi connectivity index (χ3v) is 6.37. The van der Waals surface area contributed by atoms with Crippen LogP contribution in [0.2, 0.25) is 0 Å². The molecule has 5 heteroatoms. The van der Waals surface area contributed by atoms with Gasteiger partial charge in [-0.1, -0.05) is 30.3 Å². The van der Waals surface area contributed by atoms with Gasteiger partial charge in [-0.3, -0.25) is 9.69 Å². The average Bonchev–Trinajstić information content (AvgIpc) is 3.22. The van der Waals surface area contributed by atoms with Crippen molar-refractivity contribution < 1.29 is 14.3 Å². The zero-order chi connectivity index (χ0) is 20.4. The maximum atomic E-state index is 13.1. The molecule has 1 saturated heterocycles. The minimum atomic E-state index is -0.424. The highest BCUT2D eigenvalue weighted by atomic mass is 16.5. The Balaban J connectivity index is 1.43. The fraction of sp³-hybridized carbons (Fsp3) is 0.417. The Hall–Kier alpha value is -2.66. The van der Waals surface area contributed by atoms with Crippen LogP contribution in [-0.4, -0.2) is 61.0 Å². The van der Waals surface area contributed by atoms with Crippen LogP contribution in [0.15, 0.2) is 48.5 Å². The van der Waals surface area contributed by atoms with Gasteiger partial charge in [0.25, 0.3) is 5.91 Å². The Morgan fingerprint density at radius 1 is 1.03 bits per heavy atom. The Labute approximate surface area is 172 Å². The van der Waals surface area contributed by atoms with E-state index in [1.807, 2.05) is 11.9 Å². The first-order valence-electron chi connectivity index (χ1n) is 10.3. The van der Waals surface area contributed by atoms with E-state index in [1.165, 1.54) is 18.2 Å². The van der Waals surface area contributed by atoms with Crippen LogP contribution in [0.5, 0.6) is 0 Å². The summed E-state index contributed by atoms with van der Waals surface area (Å²) >= 11 is 0. The van der Waals surface area contributed by atoms with Gasteiger partial charge in [0.1, 0.15) is 0 Å². The Bertz CT molecular complexity index is 886. The molecule has 4 rings (SSSR count). The first-order valence-corrected chi connectivity index (χ1v) is 10.3. The quantitative estimate of drug-likeness (QED) is 0.750. The highest BCUT2D eigenvalue weighted by Gasteiger charge is 2.33. The van der Waals surface area contributed by atoms with Crippen molar-refractivity contribution in [1.29, 1.82) is 0 Å². The zero-order valence-corrected chi connectivity index (χ0v) is 17.1. The molecule has 0 spiro atoms. The van der Waals surface area contributed by atoms with E-state index in [1.54, 1.807) is 24.3 Å². The number of ether oxygens (including phenoxy) is 1. The molecule has 152 valence electrons. The number of likely N-dealkylation sites (tertiary alicyclic amines) is 1. The molecule has 1 fully saturated rings. The van der Waals surface area contributed by atoms with Crippen LogP contribution in [0.3, 0.4) is 0 Å². The predicted molar refractivity (Wildman–Crippen MR) is 112 cm³/mol. The largest absolute Gasteiger partial charge is 0.465 e. The first-order chi connectivity index (χ1) is 14.1. The van der Waals surface area contributed by atoms with Crippen LogP contribution in [-0.2, 0) is 17.6 Å². The van der Waals surface area contributed by atoms with Crippen molar-refractivity contribution in [3.63, 3.8) is 0 Å². The van der Waals surface area contributed by atoms with E-state index in [2.05, 4.69) is 29.2 Å². The van der Waals surface area contributed by atoms with Crippen molar-refractivity contribution in [2.75, 3.05) is 27.2 Å². The lowest BCUT2D eigenvalue weighted by atomic mass is 10.00. The van der Waals surface area contributed by atoms with Crippen LogP contribution in [0, 0.1) is 0 Å². The number of piperidine rings is 1. The maximum Gasteiger partial charge on any atom is 0.337 e. The van der Waals surface area contributed by atoms with Crippen molar-refractivity contribution in [2.45, 2.75) is 37.8 Å². The van der Waals surface area contributed by atoms with Crippen LogP contribution < -0.4 is 0 Å². The number of hydrogen-bond donors (Lipinski definition) is 0. The lowest BCUT2D eigenvalue weighted by Crippen LogP contribution is -2.51. The summed E-state index contributed by atoms with van der Waals surface area (Å²) in [4.78, 5) is 29.3. The minimum absolute atomic E-state index is 0.0442. The molecule has 0 bridgehead atoms. The number of hydrogen-bond acceptors (Lipinski definition) is 4. The van der Waals surface area contributed by atoms with Crippen molar-refractivity contribution in [2.24, 2.45) is 0 Å². The number of rotatable bonds is 4. The second-order valence-electron chi connectivity index (χ2n) is 8.11. The van der Waals surface area contributed by atoms with Gasteiger partial charge in [0.15, 0.2) is 0 Å². The van der Waals surface area contributed by atoms with Gasteiger partial charge < -0.3 is 9.64 Å². The van der Waals surface area contributed by atoms with Crippen molar-refractivity contribution in [3.05, 3.63) is 70.8 Å². The number of esters is 1. The number of benzene rings is 2. The molecule has 1 heterocycles. The summed E-state index contributed by atoms with van der Waals surface area (Å²) in [6.07, 6.45) is 4.30. The highest BCUT2D eigenvalue weighted by Crippen LogP contribution is 2.28. The molecule has 29 heavy (non-hydrogen) atoms. The molecule has 5 nitrogen and oxygen atoms in total. The lowest BCUT2D eigenvalue weighted by Gasteiger charge is -2.40. The van der Waals surface area contributed by atoms with Crippen LogP contribution in [0.1, 0.15) is 44.7 Å². The monoisotopic (exact) mass is 392 g/mol. The first kappa shape index (κ1) is 19.6. The standard InChI is InChI=1S/C24H28N2O3/c1-25(23(27)19-9-5-10-20(13-19)24(28)29-2)21-11-6-12-26(16-21)22-14-17-7-3-4-8-18(17)15-22/h3-5,7-10,13,21-22H,6,11-12,14-16H2,1-2H3/t21-/m1/s1. The van der Waals surface area contributed by atoms with E-state index < -0.39 is 5.97 Å². The lowest BCUT2D eigenvalue weighted by molar-refractivity contribution is 0.0555. The zero-order valence-electron chi connectivity index (χ0n) is 17.1. The second kappa shape index (κ2) is 8.37.